The molecule has 0 bridgehead atoms. The quantitative estimate of drug-likeness (QED) is 0.218. The van der Waals surface area contributed by atoms with Crippen LogP contribution in [0.15, 0.2) is 39.2 Å². The topological polar surface area (TPSA) is 135 Å². The van der Waals surface area contributed by atoms with Gasteiger partial charge in [-0.2, -0.15) is 0 Å². The average molecular weight is 475 g/mol. The molecule has 2 fully saturated rings. The number of benzene rings is 1. The second-order valence-corrected chi connectivity index (χ2v) is 8.10. The molecule has 4 rings (SSSR count). The van der Waals surface area contributed by atoms with Crippen LogP contribution < -0.4 is 10.4 Å². The molecule has 0 amide bonds. The largest absolute Gasteiger partial charge is 0.509 e. The fourth-order valence-electron chi connectivity index (χ4n) is 4.28. The van der Waals surface area contributed by atoms with E-state index in [1.807, 2.05) is 0 Å². The van der Waals surface area contributed by atoms with Gasteiger partial charge in [-0.1, -0.05) is 11.2 Å². The summed E-state index contributed by atoms with van der Waals surface area (Å²) >= 11 is 0. The first-order chi connectivity index (χ1) is 16.1. The number of carbonyl (C=O) groups excluding carboxylic acids is 1. The van der Waals surface area contributed by atoms with Crippen molar-refractivity contribution in [3.05, 3.63) is 46.3 Å². The van der Waals surface area contributed by atoms with E-state index in [1.54, 1.807) is 19.9 Å². The molecule has 0 saturated carbocycles. The average Bonchev–Trinajstić information content (AvgIpc) is 3.17. The van der Waals surface area contributed by atoms with Crippen molar-refractivity contribution in [3.63, 3.8) is 0 Å². The molecule has 1 aromatic carbocycles. The summed E-state index contributed by atoms with van der Waals surface area (Å²) in [5.41, 5.74) is -1.27. The number of hydrogen-bond acceptors (Lipinski definition) is 11. The van der Waals surface area contributed by atoms with Crippen LogP contribution in [-0.2, 0) is 23.8 Å². The van der Waals surface area contributed by atoms with E-state index < -0.39 is 42.0 Å². The molecule has 3 heterocycles. The van der Waals surface area contributed by atoms with E-state index in [0.29, 0.717) is 5.56 Å². The number of ether oxygens (including phenoxy) is 5. The molecule has 34 heavy (non-hydrogen) atoms. The molecule has 1 unspecified atom stereocenters. The number of fused-ring (bicyclic) bond motifs is 2. The summed E-state index contributed by atoms with van der Waals surface area (Å²) in [6.45, 7) is 8.69. The highest BCUT2D eigenvalue weighted by atomic mass is 16.8. The molecule has 5 atom stereocenters. The van der Waals surface area contributed by atoms with Gasteiger partial charge in [0.05, 0.1) is 11.1 Å². The van der Waals surface area contributed by atoms with Crippen molar-refractivity contribution in [2.24, 2.45) is 5.16 Å². The van der Waals surface area contributed by atoms with Crippen molar-refractivity contribution in [3.8, 4) is 11.5 Å². The van der Waals surface area contributed by atoms with Gasteiger partial charge in [0.25, 0.3) is 0 Å². The number of aryl methyl sites for hydroxylation is 1. The van der Waals surface area contributed by atoms with Crippen LogP contribution in [0.2, 0.25) is 0 Å². The zero-order valence-electron chi connectivity index (χ0n) is 19.3. The Balaban J connectivity index is 1.75. The van der Waals surface area contributed by atoms with Crippen LogP contribution in [0.4, 0.5) is 4.79 Å². The summed E-state index contributed by atoms with van der Waals surface area (Å²) < 4.78 is 33.8. The number of carbonyl (C=O) groups is 1. The second-order valence-electron chi connectivity index (χ2n) is 8.10. The van der Waals surface area contributed by atoms with Gasteiger partial charge >= 0.3 is 11.8 Å². The lowest BCUT2D eigenvalue weighted by Gasteiger charge is -2.45. The van der Waals surface area contributed by atoms with E-state index in [2.05, 4.69) is 11.7 Å². The van der Waals surface area contributed by atoms with Crippen LogP contribution >= 0.6 is 0 Å². The van der Waals surface area contributed by atoms with Gasteiger partial charge in [0, 0.05) is 12.7 Å². The molecule has 11 nitrogen and oxygen atoms in total. The SMILES string of the molecule is C=C[C@]1(C)OC(Oc2ccc3c(O)c(C(C)=NOC)c(=O)oc3c2C)[C@@H]2OC(=O)O[C@@H]2[C@H]1OC. The lowest BCUT2D eigenvalue weighted by Crippen LogP contribution is -2.63. The van der Waals surface area contributed by atoms with E-state index in [4.69, 9.17) is 32.9 Å². The Morgan fingerprint density at radius 3 is 2.59 bits per heavy atom. The van der Waals surface area contributed by atoms with Gasteiger partial charge in [0.2, 0.25) is 12.4 Å². The van der Waals surface area contributed by atoms with Gasteiger partial charge in [-0.25, -0.2) is 9.59 Å². The number of oxime groups is 1. The molecule has 0 aliphatic carbocycles. The number of hydrogen-bond donors (Lipinski definition) is 1. The van der Waals surface area contributed by atoms with Crippen molar-refractivity contribution >= 4 is 22.8 Å². The number of methoxy groups -OCH3 is 1. The van der Waals surface area contributed by atoms with Gasteiger partial charge < -0.3 is 38.0 Å². The third kappa shape index (κ3) is 3.66. The molecule has 2 saturated heterocycles. The van der Waals surface area contributed by atoms with Crippen LogP contribution in [0.25, 0.3) is 11.0 Å². The summed E-state index contributed by atoms with van der Waals surface area (Å²) in [6.07, 6.45) is -2.81. The lowest BCUT2D eigenvalue weighted by molar-refractivity contribution is -0.272. The monoisotopic (exact) mass is 475 g/mol. The first-order valence-corrected chi connectivity index (χ1v) is 10.4. The summed E-state index contributed by atoms with van der Waals surface area (Å²) in [4.78, 5) is 29.2. The first-order valence-electron chi connectivity index (χ1n) is 10.4. The highest BCUT2D eigenvalue weighted by molar-refractivity contribution is 6.04. The maximum atomic E-state index is 12.6. The van der Waals surface area contributed by atoms with E-state index in [9.17, 15) is 14.7 Å². The highest BCUT2D eigenvalue weighted by Gasteiger charge is 2.59. The van der Waals surface area contributed by atoms with Gasteiger partial charge in [0.15, 0.2) is 6.10 Å². The van der Waals surface area contributed by atoms with Gasteiger partial charge in [0.1, 0.15) is 41.5 Å². The lowest BCUT2D eigenvalue weighted by atomic mass is 9.88. The number of rotatable bonds is 6. The standard InChI is InChI=1S/C23H25NO10/c1-7-23(4)19(28-5)17-18(33-22(27)32-17)21(34-23)30-13-9-8-12-15(25)14(11(3)24-29-6)20(26)31-16(12)10(13)2/h7-9,17-19,21,25H,1H2,2-6H3/t17-,18+,19+,21?,23-/m0/s1. The number of nitrogens with zero attached hydrogens (tertiary/aromatic N) is 1. The van der Waals surface area contributed by atoms with Crippen molar-refractivity contribution in [1.82, 2.24) is 0 Å². The second kappa shape index (κ2) is 8.65. The molecule has 0 spiro atoms. The Bertz CT molecular complexity index is 1230. The third-order valence-electron chi connectivity index (χ3n) is 6.03. The fraction of sp³-hybridized carbons (Fsp3) is 0.435. The smallest absolute Gasteiger partial charge is 0.506 e. The van der Waals surface area contributed by atoms with Crippen LogP contribution in [0, 0.1) is 6.92 Å². The zero-order chi connectivity index (χ0) is 24.8. The molecular formula is C23H25NO10. The van der Waals surface area contributed by atoms with Crippen LogP contribution in [0.1, 0.15) is 25.0 Å². The van der Waals surface area contributed by atoms with E-state index in [1.165, 1.54) is 33.3 Å². The van der Waals surface area contributed by atoms with Crippen LogP contribution in [0.3, 0.4) is 0 Å². The molecule has 2 aliphatic heterocycles. The molecular weight excluding hydrogens is 450 g/mol. The van der Waals surface area contributed by atoms with Gasteiger partial charge in [-0.15, -0.1) is 6.58 Å². The Morgan fingerprint density at radius 2 is 1.94 bits per heavy atom. The third-order valence-corrected chi connectivity index (χ3v) is 6.03. The summed E-state index contributed by atoms with van der Waals surface area (Å²) in [6, 6.07) is 3.11. The minimum absolute atomic E-state index is 0.108. The Labute approximate surface area is 194 Å². The van der Waals surface area contributed by atoms with E-state index >= 15 is 0 Å². The first kappa shape index (κ1) is 23.6. The minimum Gasteiger partial charge on any atom is -0.506 e. The predicted octanol–water partition coefficient (Wildman–Crippen LogP) is 2.78. The van der Waals surface area contributed by atoms with Crippen molar-refractivity contribution in [2.45, 2.75) is 51.0 Å². The Morgan fingerprint density at radius 1 is 1.24 bits per heavy atom. The predicted molar refractivity (Wildman–Crippen MR) is 118 cm³/mol. The zero-order valence-corrected chi connectivity index (χ0v) is 19.3. The summed E-state index contributed by atoms with van der Waals surface area (Å²) in [7, 11) is 2.79. The maximum absolute atomic E-state index is 12.6. The Kier molecular flexibility index (Phi) is 6.00. The minimum atomic E-state index is -1.09. The molecule has 11 heteroatoms. The summed E-state index contributed by atoms with van der Waals surface area (Å²) in [5.74, 6) is -0.0208. The number of aromatic hydroxyl groups is 1. The highest BCUT2D eigenvalue weighted by Crippen LogP contribution is 2.41. The van der Waals surface area contributed by atoms with Crippen molar-refractivity contribution in [1.29, 1.82) is 0 Å². The molecule has 1 aromatic heterocycles. The fourth-order valence-corrected chi connectivity index (χ4v) is 4.28. The normalized spacial score (nSPS) is 28.7. The van der Waals surface area contributed by atoms with Crippen molar-refractivity contribution in [2.75, 3.05) is 14.2 Å². The molecule has 182 valence electrons. The summed E-state index contributed by atoms with van der Waals surface area (Å²) in [5, 5.41) is 14.7. The van der Waals surface area contributed by atoms with E-state index in [-0.39, 0.29) is 33.7 Å². The Hall–Kier alpha value is -3.57. The molecule has 0 radical (unpaired) electrons. The van der Waals surface area contributed by atoms with E-state index in [0.717, 1.165) is 0 Å². The van der Waals surface area contributed by atoms with Gasteiger partial charge in [-0.3, -0.25) is 0 Å². The maximum Gasteiger partial charge on any atom is 0.509 e. The molecule has 2 aromatic rings. The molecule has 2 aliphatic rings. The molecule has 1 N–H and O–H groups in total. The van der Waals surface area contributed by atoms with Crippen LogP contribution in [0.5, 0.6) is 11.5 Å². The van der Waals surface area contributed by atoms with Gasteiger partial charge in [-0.05, 0) is 32.9 Å². The van der Waals surface area contributed by atoms with Crippen LogP contribution in [-0.4, -0.2) is 61.4 Å². The van der Waals surface area contributed by atoms with Crippen molar-refractivity contribution < 1.29 is 42.8 Å².